The van der Waals surface area contributed by atoms with Gasteiger partial charge in [-0.15, -0.1) is 0 Å². The molecule has 0 fully saturated rings. The van der Waals surface area contributed by atoms with Gasteiger partial charge in [0, 0.05) is 17.8 Å². The smallest absolute Gasteiger partial charge is 0.328 e. The molecule has 9 nitrogen and oxygen atoms in total. The van der Waals surface area contributed by atoms with Crippen LogP contribution in [0.5, 0.6) is 5.75 Å². The predicted octanol–water partition coefficient (Wildman–Crippen LogP) is 1.02. The average molecular weight is 347 g/mol. The van der Waals surface area contributed by atoms with E-state index in [0.717, 1.165) is 0 Å². The normalized spacial score (nSPS) is 11.0. The molecule has 0 spiro atoms. The van der Waals surface area contributed by atoms with Crippen molar-refractivity contribution in [2.75, 3.05) is 12.4 Å². The van der Waals surface area contributed by atoms with Crippen molar-refractivity contribution in [3.8, 4) is 5.75 Å². The number of amides is 2. The number of anilines is 1. The number of aromatic nitrogens is 3. The molecular weight excluding hydrogens is 326 g/mol. The first-order chi connectivity index (χ1) is 11.7. The molecule has 0 aromatic carbocycles. The summed E-state index contributed by atoms with van der Waals surface area (Å²) < 4.78 is 6.44. The molecule has 0 saturated heterocycles. The number of urea groups is 1. The van der Waals surface area contributed by atoms with Crippen LogP contribution < -0.4 is 26.6 Å². The van der Waals surface area contributed by atoms with E-state index in [1.807, 2.05) is 20.8 Å². The quantitative estimate of drug-likeness (QED) is 0.763. The van der Waals surface area contributed by atoms with Crippen LogP contribution in [0.3, 0.4) is 0 Å². The number of nitrogens with zero attached hydrogens (tertiary/aromatic N) is 2. The van der Waals surface area contributed by atoms with E-state index in [9.17, 15) is 14.4 Å². The van der Waals surface area contributed by atoms with Crippen LogP contribution >= 0.6 is 0 Å². The van der Waals surface area contributed by atoms with Crippen molar-refractivity contribution in [1.29, 1.82) is 0 Å². The number of ether oxygens (including phenoxy) is 1. The minimum atomic E-state index is -0.533. The third-order valence-electron chi connectivity index (χ3n) is 3.38. The second-order valence-corrected chi connectivity index (χ2v) is 6.38. The van der Waals surface area contributed by atoms with Gasteiger partial charge in [-0.25, -0.2) is 9.59 Å². The Labute approximate surface area is 144 Å². The number of rotatable bonds is 4. The van der Waals surface area contributed by atoms with Crippen LogP contribution in [-0.4, -0.2) is 27.7 Å². The zero-order valence-electron chi connectivity index (χ0n) is 14.5. The second-order valence-electron chi connectivity index (χ2n) is 6.38. The zero-order valence-corrected chi connectivity index (χ0v) is 14.5. The van der Waals surface area contributed by atoms with Gasteiger partial charge in [-0.2, -0.15) is 0 Å². The molecule has 2 rings (SSSR count). The summed E-state index contributed by atoms with van der Waals surface area (Å²) in [6.07, 6.45) is 4.43. The Bertz CT molecular complexity index is 879. The van der Waals surface area contributed by atoms with Gasteiger partial charge in [0.2, 0.25) is 0 Å². The van der Waals surface area contributed by atoms with Crippen molar-refractivity contribution >= 4 is 11.7 Å². The number of carbonyl (C=O) groups is 1. The van der Waals surface area contributed by atoms with Gasteiger partial charge < -0.3 is 15.4 Å². The van der Waals surface area contributed by atoms with Gasteiger partial charge in [-0.3, -0.25) is 19.3 Å². The maximum Gasteiger partial charge on any atom is 0.328 e. The van der Waals surface area contributed by atoms with E-state index >= 15 is 0 Å². The molecule has 0 aliphatic carbocycles. The molecule has 25 heavy (non-hydrogen) atoms. The first kappa shape index (κ1) is 18.2. The molecule has 0 aliphatic heterocycles. The average Bonchev–Trinajstić information content (AvgIpc) is 2.53. The lowest BCUT2D eigenvalue weighted by Crippen LogP contribution is -2.41. The number of H-pyrrole nitrogens is 1. The minimum Gasteiger partial charge on any atom is -0.495 e. The van der Waals surface area contributed by atoms with Crippen molar-refractivity contribution in [1.82, 2.24) is 19.9 Å². The molecule has 2 heterocycles. The lowest BCUT2D eigenvalue weighted by atomic mass is 10.1. The van der Waals surface area contributed by atoms with E-state index < -0.39 is 22.8 Å². The summed E-state index contributed by atoms with van der Waals surface area (Å²) in [5.41, 5.74) is -0.800. The monoisotopic (exact) mass is 347 g/mol. The lowest BCUT2D eigenvalue weighted by Gasteiger charge is -2.22. The van der Waals surface area contributed by atoms with Crippen molar-refractivity contribution < 1.29 is 9.53 Å². The molecular formula is C16H21N5O4. The van der Waals surface area contributed by atoms with Crippen LogP contribution in [0.1, 0.15) is 26.3 Å². The van der Waals surface area contributed by atoms with Gasteiger partial charge in [0.15, 0.2) is 0 Å². The van der Waals surface area contributed by atoms with E-state index in [1.54, 1.807) is 6.07 Å². The highest BCUT2D eigenvalue weighted by Crippen LogP contribution is 2.14. The van der Waals surface area contributed by atoms with E-state index in [-0.39, 0.29) is 12.1 Å². The molecule has 3 N–H and O–H groups in total. The molecule has 0 bridgehead atoms. The summed E-state index contributed by atoms with van der Waals surface area (Å²) in [7, 11) is 1.50. The Hall–Kier alpha value is -3.10. The van der Waals surface area contributed by atoms with E-state index in [0.29, 0.717) is 11.4 Å². The van der Waals surface area contributed by atoms with Gasteiger partial charge in [-0.1, -0.05) is 0 Å². The molecule has 0 saturated carbocycles. The highest BCUT2D eigenvalue weighted by molar-refractivity contribution is 5.89. The highest BCUT2D eigenvalue weighted by atomic mass is 16.5. The number of carbonyl (C=O) groups excluding carboxylic acids is 1. The summed E-state index contributed by atoms with van der Waals surface area (Å²) in [5, 5.41) is 5.16. The first-order valence-corrected chi connectivity index (χ1v) is 7.60. The Morgan fingerprint density at radius 2 is 2.04 bits per heavy atom. The van der Waals surface area contributed by atoms with Crippen molar-refractivity contribution in [2.24, 2.45) is 0 Å². The SMILES string of the molecule is COc1cncc(NC(=O)NCc2cn(C(C)(C)C)c(=O)[nH]c2=O)c1. The molecule has 0 aliphatic rings. The summed E-state index contributed by atoms with van der Waals surface area (Å²) in [6.45, 7) is 5.49. The molecule has 0 atom stereocenters. The Balaban J connectivity index is 2.09. The summed E-state index contributed by atoms with van der Waals surface area (Å²) in [6, 6.07) is 1.10. The number of nitrogens with one attached hydrogen (secondary N) is 3. The van der Waals surface area contributed by atoms with E-state index in [4.69, 9.17) is 4.74 Å². The largest absolute Gasteiger partial charge is 0.495 e. The molecule has 2 amide bonds. The maximum absolute atomic E-state index is 12.0. The van der Waals surface area contributed by atoms with Crippen LogP contribution in [-0.2, 0) is 12.1 Å². The third kappa shape index (κ3) is 4.69. The molecule has 0 unspecified atom stereocenters. The predicted molar refractivity (Wildman–Crippen MR) is 93.0 cm³/mol. The molecule has 134 valence electrons. The number of pyridine rings is 1. The van der Waals surface area contributed by atoms with Crippen LogP contribution in [0.4, 0.5) is 10.5 Å². The molecule has 0 radical (unpaired) electrons. The molecule has 2 aromatic heterocycles. The summed E-state index contributed by atoms with van der Waals surface area (Å²) in [4.78, 5) is 41.9. The molecule has 9 heteroatoms. The van der Waals surface area contributed by atoms with Crippen LogP contribution in [0.2, 0.25) is 0 Å². The van der Waals surface area contributed by atoms with Gasteiger partial charge >= 0.3 is 11.7 Å². The Morgan fingerprint density at radius 1 is 1.32 bits per heavy atom. The topological polar surface area (TPSA) is 118 Å². The summed E-state index contributed by atoms with van der Waals surface area (Å²) in [5.74, 6) is 0.506. The second kappa shape index (κ2) is 7.20. The fraction of sp³-hybridized carbons (Fsp3) is 0.375. The van der Waals surface area contributed by atoms with Crippen molar-refractivity contribution in [2.45, 2.75) is 32.9 Å². The third-order valence-corrected chi connectivity index (χ3v) is 3.38. The van der Waals surface area contributed by atoms with Gasteiger partial charge in [0.25, 0.3) is 5.56 Å². The fourth-order valence-electron chi connectivity index (χ4n) is 2.08. The van der Waals surface area contributed by atoms with Gasteiger partial charge in [0.1, 0.15) is 5.75 Å². The van der Waals surface area contributed by atoms with E-state index in [1.165, 1.54) is 30.3 Å². The Morgan fingerprint density at radius 3 is 2.68 bits per heavy atom. The molecule has 2 aromatic rings. The fourth-order valence-corrected chi connectivity index (χ4v) is 2.08. The number of hydrogen-bond acceptors (Lipinski definition) is 5. The highest BCUT2D eigenvalue weighted by Gasteiger charge is 2.17. The van der Waals surface area contributed by atoms with Crippen molar-refractivity contribution in [3.63, 3.8) is 0 Å². The van der Waals surface area contributed by atoms with Gasteiger partial charge in [0.05, 0.1) is 37.3 Å². The minimum absolute atomic E-state index is 0.0328. The zero-order chi connectivity index (χ0) is 18.6. The first-order valence-electron chi connectivity index (χ1n) is 7.60. The standard InChI is InChI=1S/C16H21N5O4/c1-16(2,3)21-9-10(13(22)20-15(21)24)6-18-14(23)19-11-5-12(25-4)8-17-7-11/h5,7-9H,6H2,1-4H3,(H2,18,19,23)(H,20,22,24). The summed E-state index contributed by atoms with van der Waals surface area (Å²) >= 11 is 0. The van der Waals surface area contributed by atoms with E-state index in [2.05, 4.69) is 20.6 Å². The number of aromatic amines is 1. The van der Waals surface area contributed by atoms with Crippen LogP contribution in [0.15, 0.2) is 34.2 Å². The number of hydrogen-bond donors (Lipinski definition) is 3. The van der Waals surface area contributed by atoms with Gasteiger partial charge in [-0.05, 0) is 20.8 Å². The Kier molecular flexibility index (Phi) is 5.26. The van der Waals surface area contributed by atoms with Crippen LogP contribution in [0, 0.1) is 0 Å². The number of methoxy groups -OCH3 is 1. The maximum atomic E-state index is 12.0. The lowest BCUT2D eigenvalue weighted by molar-refractivity contribution is 0.251. The van der Waals surface area contributed by atoms with Crippen molar-refractivity contribution in [3.05, 3.63) is 51.1 Å². The van der Waals surface area contributed by atoms with Crippen LogP contribution in [0.25, 0.3) is 0 Å².